The van der Waals surface area contributed by atoms with Gasteiger partial charge in [0.2, 0.25) is 0 Å². The first kappa shape index (κ1) is 21.9. The molecule has 5 nitrogen and oxygen atoms in total. The molecule has 5 heteroatoms. The molecule has 0 aliphatic carbocycles. The molecule has 1 fully saturated rings. The maximum Gasteiger partial charge on any atom is 0.133 e. The summed E-state index contributed by atoms with van der Waals surface area (Å²) in [5.41, 5.74) is 9.92. The summed E-state index contributed by atoms with van der Waals surface area (Å²) in [6.45, 7) is 13.8. The Kier molecular flexibility index (Phi) is 5.83. The van der Waals surface area contributed by atoms with Crippen molar-refractivity contribution in [1.82, 2.24) is 20.0 Å². The van der Waals surface area contributed by atoms with E-state index in [1.807, 2.05) is 19.2 Å². The van der Waals surface area contributed by atoms with Crippen molar-refractivity contribution in [3.8, 4) is 11.3 Å². The second kappa shape index (κ2) is 8.79. The van der Waals surface area contributed by atoms with E-state index in [0.717, 1.165) is 36.8 Å². The predicted octanol–water partition coefficient (Wildman–Crippen LogP) is 6.65. The number of hydrogen-bond donors (Lipinski definition) is 1. The van der Waals surface area contributed by atoms with E-state index >= 15 is 0 Å². The van der Waals surface area contributed by atoms with Crippen LogP contribution in [0, 0.1) is 20.8 Å². The van der Waals surface area contributed by atoms with Crippen LogP contribution in [-0.2, 0) is 6.54 Å². The van der Waals surface area contributed by atoms with Crippen LogP contribution in [0.25, 0.3) is 22.2 Å². The van der Waals surface area contributed by atoms with Crippen molar-refractivity contribution in [3.05, 3.63) is 70.4 Å². The molecule has 33 heavy (non-hydrogen) atoms. The van der Waals surface area contributed by atoms with Gasteiger partial charge in [0.05, 0.1) is 11.4 Å². The molecular weight excluding hydrogens is 408 g/mol. The van der Waals surface area contributed by atoms with E-state index in [1.165, 1.54) is 51.7 Å². The second-order valence-corrected chi connectivity index (χ2v) is 9.99. The number of rotatable bonds is 5. The molecule has 1 aromatic carbocycles. The number of fused-ring (bicyclic) bond motifs is 1. The van der Waals surface area contributed by atoms with Gasteiger partial charge in [0.15, 0.2) is 0 Å². The quantitative estimate of drug-likeness (QED) is 0.376. The van der Waals surface area contributed by atoms with Crippen LogP contribution in [0.1, 0.15) is 72.4 Å². The van der Waals surface area contributed by atoms with E-state index in [2.05, 4.69) is 72.0 Å². The summed E-state index contributed by atoms with van der Waals surface area (Å²) in [5.74, 6) is 1.93. The van der Waals surface area contributed by atoms with Crippen LogP contribution in [0.15, 0.2) is 41.1 Å². The van der Waals surface area contributed by atoms with Crippen LogP contribution in [0.5, 0.6) is 0 Å². The average Bonchev–Trinajstić information content (AvgIpc) is 3.38. The molecule has 3 aromatic heterocycles. The Bertz CT molecular complexity index is 1270. The molecule has 0 atom stereocenters. The molecule has 0 saturated carbocycles. The number of H-pyrrole nitrogens is 1. The maximum absolute atomic E-state index is 5.23. The zero-order valence-corrected chi connectivity index (χ0v) is 20.4. The first-order valence-corrected chi connectivity index (χ1v) is 12.1. The predicted molar refractivity (Wildman–Crippen MR) is 134 cm³/mol. The summed E-state index contributed by atoms with van der Waals surface area (Å²) < 4.78 is 5.23. The van der Waals surface area contributed by atoms with Crippen molar-refractivity contribution in [2.24, 2.45) is 0 Å². The lowest BCUT2D eigenvalue weighted by atomic mass is 9.87. The number of nitrogens with one attached hydrogen (secondary N) is 1. The molecule has 1 N–H and O–H groups in total. The number of hydrogen-bond acceptors (Lipinski definition) is 4. The highest BCUT2D eigenvalue weighted by atomic mass is 16.5. The highest BCUT2D eigenvalue weighted by Crippen LogP contribution is 2.39. The van der Waals surface area contributed by atoms with E-state index in [9.17, 15) is 0 Å². The van der Waals surface area contributed by atoms with E-state index in [4.69, 9.17) is 4.52 Å². The van der Waals surface area contributed by atoms with Gasteiger partial charge in [-0.15, -0.1) is 0 Å². The Labute approximate surface area is 196 Å². The second-order valence-electron chi connectivity index (χ2n) is 9.99. The molecule has 172 valence electrons. The third-order valence-electron chi connectivity index (χ3n) is 7.07. The molecular formula is C28H34N4O. The van der Waals surface area contributed by atoms with Gasteiger partial charge in [0.25, 0.3) is 0 Å². The van der Waals surface area contributed by atoms with E-state index < -0.39 is 0 Å². The Hall–Kier alpha value is -2.92. The van der Waals surface area contributed by atoms with Gasteiger partial charge in [0.1, 0.15) is 5.76 Å². The maximum atomic E-state index is 5.23. The van der Waals surface area contributed by atoms with Gasteiger partial charge in [-0.05, 0) is 93.4 Å². The summed E-state index contributed by atoms with van der Waals surface area (Å²) >= 11 is 0. The summed E-state index contributed by atoms with van der Waals surface area (Å²) in [7, 11) is 0. The fourth-order valence-corrected chi connectivity index (χ4v) is 5.34. The molecule has 4 heterocycles. The van der Waals surface area contributed by atoms with Gasteiger partial charge >= 0.3 is 0 Å². The number of aromatic amines is 1. The van der Waals surface area contributed by atoms with Gasteiger partial charge in [-0.2, -0.15) is 0 Å². The third-order valence-corrected chi connectivity index (χ3v) is 7.07. The van der Waals surface area contributed by atoms with Gasteiger partial charge in [-0.3, -0.25) is 9.88 Å². The molecule has 1 saturated heterocycles. The molecule has 1 aliphatic rings. The van der Waals surface area contributed by atoms with Crippen LogP contribution < -0.4 is 0 Å². The summed E-state index contributed by atoms with van der Waals surface area (Å²) in [6, 6.07) is 11.3. The Morgan fingerprint density at radius 3 is 2.58 bits per heavy atom. The van der Waals surface area contributed by atoms with Crippen LogP contribution in [0.2, 0.25) is 0 Å². The fourth-order valence-electron chi connectivity index (χ4n) is 5.34. The van der Waals surface area contributed by atoms with Crippen molar-refractivity contribution in [2.45, 2.75) is 65.8 Å². The van der Waals surface area contributed by atoms with Gasteiger partial charge < -0.3 is 9.51 Å². The van der Waals surface area contributed by atoms with Crippen LogP contribution in [0.3, 0.4) is 0 Å². The lowest BCUT2D eigenvalue weighted by Gasteiger charge is -2.31. The van der Waals surface area contributed by atoms with Crippen molar-refractivity contribution in [1.29, 1.82) is 0 Å². The first-order valence-electron chi connectivity index (χ1n) is 12.1. The third kappa shape index (κ3) is 4.34. The zero-order valence-electron chi connectivity index (χ0n) is 20.4. The van der Waals surface area contributed by atoms with Crippen LogP contribution >= 0.6 is 0 Å². The first-order chi connectivity index (χ1) is 15.9. The van der Waals surface area contributed by atoms with Crippen molar-refractivity contribution < 1.29 is 4.52 Å². The fraction of sp³-hybridized carbons (Fsp3) is 0.429. The topological polar surface area (TPSA) is 58.0 Å². The van der Waals surface area contributed by atoms with Gasteiger partial charge in [-0.25, -0.2) is 0 Å². The highest BCUT2D eigenvalue weighted by molar-refractivity contribution is 5.92. The Morgan fingerprint density at radius 2 is 1.88 bits per heavy atom. The summed E-state index contributed by atoms with van der Waals surface area (Å²) in [6.07, 6.45) is 4.35. The smallest absolute Gasteiger partial charge is 0.133 e. The average molecular weight is 443 g/mol. The van der Waals surface area contributed by atoms with Crippen LogP contribution in [0.4, 0.5) is 0 Å². The summed E-state index contributed by atoms with van der Waals surface area (Å²) in [5, 5.41) is 5.53. The minimum Gasteiger partial charge on any atom is -0.361 e. The summed E-state index contributed by atoms with van der Waals surface area (Å²) in [4.78, 5) is 10.7. The lowest BCUT2D eigenvalue weighted by molar-refractivity contribution is 0.199. The zero-order chi connectivity index (χ0) is 23.1. The van der Waals surface area contributed by atoms with Crippen molar-refractivity contribution in [2.75, 3.05) is 13.1 Å². The van der Waals surface area contributed by atoms with E-state index in [0.29, 0.717) is 11.8 Å². The van der Waals surface area contributed by atoms with Crippen molar-refractivity contribution in [3.63, 3.8) is 0 Å². The number of aromatic nitrogens is 3. The molecule has 4 aromatic rings. The lowest BCUT2D eigenvalue weighted by Crippen LogP contribution is -2.32. The molecule has 0 unspecified atom stereocenters. The molecule has 0 bridgehead atoms. The minimum atomic E-state index is 0.435. The highest BCUT2D eigenvalue weighted by Gasteiger charge is 2.23. The normalized spacial score (nSPS) is 15.7. The molecule has 0 radical (unpaired) electrons. The van der Waals surface area contributed by atoms with Crippen LogP contribution in [-0.4, -0.2) is 33.1 Å². The largest absolute Gasteiger partial charge is 0.361 e. The number of nitrogens with zero attached hydrogens (tertiary/aromatic N) is 3. The molecule has 0 spiro atoms. The monoisotopic (exact) mass is 442 g/mol. The number of pyridine rings is 1. The van der Waals surface area contributed by atoms with E-state index in [-0.39, 0.29) is 0 Å². The number of aryl methyl sites for hydroxylation is 3. The van der Waals surface area contributed by atoms with Gasteiger partial charge in [0, 0.05) is 41.0 Å². The standard InChI is InChI=1S/C28H34N4O/c1-17(2)27-25-14-22(21-8-10-32(11-9-21)16-23-13-20(5)33-31-23)6-7-26(25)30-28(27)24-12-19(4)29-15-18(24)3/h6-7,12-15,17,21,30H,8-11,16H2,1-5H3. The SMILES string of the molecule is Cc1cc(-c2[nH]c3ccc(C4CCN(Cc5cc(C)on5)CC4)cc3c2C(C)C)c(C)cn1. The Balaban J connectivity index is 1.41. The number of piperidine rings is 1. The molecule has 0 amide bonds. The number of benzene rings is 1. The molecule has 5 rings (SSSR count). The Morgan fingerprint density at radius 1 is 1.09 bits per heavy atom. The van der Waals surface area contributed by atoms with Gasteiger partial charge in [-0.1, -0.05) is 25.1 Å². The van der Waals surface area contributed by atoms with E-state index in [1.54, 1.807) is 0 Å². The molecule has 1 aliphatic heterocycles. The van der Waals surface area contributed by atoms with Crippen molar-refractivity contribution >= 4 is 10.9 Å². The minimum absolute atomic E-state index is 0.435. The number of likely N-dealkylation sites (tertiary alicyclic amines) is 1.